The Morgan fingerprint density at radius 3 is 2.56 bits per heavy atom. The van der Waals surface area contributed by atoms with Crippen molar-refractivity contribution < 1.29 is 37.7 Å². The van der Waals surface area contributed by atoms with Gasteiger partial charge in [0.2, 0.25) is 0 Å². The molecule has 27 heavy (non-hydrogen) atoms. The van der Waals surface area contributed by atoms with Crippen molar-refractivity contribution in [1.29, 1.82) is 0 Å². The van der Waals surface area contributed by atoms with Gasteiger partial charge in [-0.1, -0.05) is 6.07 Å². The molecule has 2 atom stereocenters. The number of piperidine rings is 1. The zero-order chi connectivity index (χ0) is 20.0. The molecular formula is C18H21F2NO6. The van der Waals surface area contributed by atoms with Gasteiger partial charge in [0.15, 0.2) is 11.5 Å². The van der Waals surface area contributed by atoms with Crippen molar-refractivity contribution >= 4 is 12.1 Å². The van der Waals surface area contributed by atoms with E-state index in [1.54, 1.807) is 20.8 Å². The van der Waals surface area contributed by atoms with E-state index in [0.29, 0.717) is 18.4 Å². The highest BCUT2D eigenvalue weighted by Crippen LogP contribution is 2.44. The van der Waals surface area contributed by atoms with Gasteiger partial charge in [-0.25, -0.2) is 9.59 Å². The molecule has 0 bridgehead atoms. The first-order valence-electron chi connectivity index (χ1n) is 8.59. The summed E-state index contributed by atoms with van der Waals surface area (Å²) in [5, 5.41) is 9.74. The van der Waals surface area contributed by atoms with E-state index < -0.39 is 35.9 Å². The van der Waals surface area contributed by atoms with Crippen molar-refractivity contribution in [3.05, 3.63) is 23.8 Å². The molecule has 1 fully saturated rings. The second-order valence-electron chi connectivity index (χ2n) is 7.58. The third kappa shape index (κ3) is 4.06. The van der Waals surface area contributed by atoms with Gasteiger partial charge in [-0.15, -0.1) is 8.78 Å². The van der Waals surface area contributed by atoms with Gasteiger partial charge >= 0.3 is 18.4 Å². The second-order valence-corrected chi connectivity index (χ2v) is 7.58. The number of hydrogen-bond acceptors (Lipinski definition) is 5. The Morgan fingerprint density at radius 2 is 1.93 bits per heavy atom. The number of carbonyl (C=O) groups excluding carboxylic acids is 1. The lowest BCUT2D eigenvalue weighted by Gasteiger charge is -2.39. The number of fused-ring (bicyclic) bond motifs is 1. The average molecular weight is 385 g/mol. The molecule has 0 radical (unpaired) electrons. The van der Waals surface area contributed by atoms with E-state index in [-0.39, 0.29) is 18.0 Å². The normalized spacial score (nSPS) is 23.8. The molecule has 148 valence electrons. The Balaban J connectivity index is 1.89. The van der Waals surface area contributed by atoms with Gasteiger partial charge in [-0.2, -0.15) is 0 Å². The first-order valence-corrected chi connectivity index (χ1v) is 8.59. The summed E-state index contributed by atoms with van der Waals surface area (Å²) in [6.07, 6.45) is -3.43. The largest absolute Gasteiger partial charge is 0.586 e. The molecule has 7 nitrogen and oxygen atoms in total. The SMILES string of the molecule is CC(C)(C)OC(=O)N1CCCC(c2ccc3c(c2)OC(F)(F)O3)C1C(=O)O. The van der Waals surface area contributed by atoms with Crippen LogP contribution in [0.4, 0.5) is 13.6 Å². The summed E-state index contributed by atoms with van der Waals surface area (Å²) in [5.74, 6) is -2.05. The molecule has 1 N–H and O–H groups in total. The molecular weight excluding hydrogens is 364 g/mol. The van der Waals surface area contributed by atoms with Crippen molar-refractivity contribution in [1.82, 2.24) is 4.90 Å². The molecule has 2 unspecified atom stereocenters. The van der Waals surface area contributed by atoms with Crippen LogP contribution in [0.2, 0.25) is 0 Å². The van der Waals surface area contributed by atoms with Gasteiger partial charge in [0.1, 0.15) is 11.6 Å². The smallest absolute Gasteiger partial charge is 0.480 e. The number of amides is 1. The maximum atomic E-state index is 13.2. The Kier molecular flexibility index (Phi) is 4.65. The zero-order valence-electron chi connectivity index (χ0n) is 15.2. The van der Waals surface area contributed by atoms with Gasteiger partial charge in [0.05, 0.1) is 0 Å². The topological polar surface area (TPSA) is 85.3 Å². The van der Waals surface area contributed by atoms with Crippen LogP contribution in [0.25, 0.3) is 0 Å². The quantitative estimate of drug-likeness (QED) is 0.838. The third-order valence-electron chi connectivity index (χ3n) is 4.37. The first kappa shape index (κ1) is 19.2. The molecule has 0 spiro atoms. The molecule has 2 aliphatic heterocycles. The van der Waals surface area contributed by atoms with E-state index in [2.05, 4.69) is 9.47 Å². The van der Waals surface area contributed by atoms with E-state index >= 15 is 0 Å². The standard InChI is InChI=1S/C18H21F2NO6/c1-17(2,3)27-16(24)21-8-4-5-11(14(21)15(22)23)10-6-7-12-13(9-10)26-18(19,20)25-12/h6-7,9,11,14H,4-5,8H2,1-3H3,(H,22,23). The van der Waals surface area contributed by atoms with Crippen molar-refractivity contribution in [2.24, 2.45) is 0 Å². The molecule has 9 heteroatoms. The van der Waals surface area contributed by atoms with Crippen LogP contribution in [0, 0.1) is 0 Å². The molecule has 0 aliphatic carbocycles. The minimum Gasteiger partial charge on any atom is -0.480 e. The number of alkyl halides is 2. The maximum Gasteiger partial charge on any atom is 0.586 e. The van der Waals surface area contributed by atoms with Gasteiger partial charge in [0.25, 0.3) is 0 Å². The van der Waals surface area contributed by atoms with Crippen molar-refractivity contribution in [2.45, 2.75) is 57.5 Å². The highest BCUT2D eigenvalue weighted by atomic mass is 19.3. The fourth-order valence-electron chi connectivity index (χ4n) is 3.37. The lowest BCUT2D eigenvalue weighted by Crippen LogP contribution is -2.53. The van der Waals surface area contributed by atoms with Gasteiger partial charge < -0.3 is 19.3 Å². The minimum absolute atomic E-state index is 0.115. The number of nitrogens with zero attached hydrogens (tertiary/aromatic N) is 1. The molecule has 0 aromatic heterocycles. The van der Waals surface area contributed by atoms with Crippen LogP contribution in [-0.2, 0) is 9.53 Å². The van der Waals surface area contributed by atoms with Crippen molar-refractivity contribution in [3.63, 3.8) is 0 Å². The Hall–Kier alpha value is -2.58. The van der Waals surface area contributed by atoms with E-state index in [0.717, 1.165) is 0 Å². The van der Waals surface area contributed by atoms with Crippen LogP contribution in [0.1, 0.15) is 45.1 Å². The van der Waals surface area contributed by atoms with E-state index in [4.69, 9.17) is 4.74 Å². The number of carbonyl (C=O) groups is 2. The molecule has 1 amide bonds. The number of aliphatic carboxylic acids is 1. The number of carboxylic acid groups (broad SMARTS) is 1. The van der Waals surface area contributed by atoms with Crippen LogP contribution in [-0.4, -0.2) is 46.6 Å². The van der Waals surface area contributed by atoms with Crippen LogP contribution < -0.4 is 9.47 Å². The van der Waals surface area contributed by atoms with Crippen LogP contribution in [0.3, 0.4) is 0 Å². The fourth-order valence-corrected chi connectivity index (χ4v) is 3.37. The highest BCUT2D eigenvalue weighted by Gasteiger charge is 2.45. The number of hydrogen-bond donors (Lipinski definition) is 1. The number of carboxylic acids is 1. The average Bonchev–Trinajstić information content (AvgIpc) is 2.85. The van der Waals surface area contributed by atoms with Crippen molar-refractivity contribution in [3.8, 4) is 11.5 Å². The highest BCUT2D eigenvalue weighted by molar-refractivity contribution is 5.81. The molecule has 1 aromatic rings. The summed E-state index contributed by atoms with van der Waals surface area (Å²) in [5.41, 5.74) is -0.284. The van der Waals surface area contributed by atoms with Crippen LogP contribution in [0.15, 0.2) is 18.2 Å². The fraction of sp³-hybridized carbons (Fsp3) is 0.556. The van der Waals surface area contributed by atoms with E-state index in [1.165, 1.54) is 23.1 Å². The number of likely N-dealkylation sites (tertiary alicyclic amines) is 1. The molecule has 2 aliphatic rings. The van der Waals surface area contributed by atoms with E-state index in [9.17, 15) is 23.5 Å². The summed E-state index contributed by atoms with van der Waals surface area (Å²) < 4.78 is 40.6. The maximum absolute atomic E-state index is 13.2. The Bertz CT molecular complexity index is 761. The minimum atomic E-state index is -3.75. The summed E-state index contributed by atoms with van der Waals surface area (Å²) in [6, 6.07) is 3.00. The molecule has 0 saturated carbocycles. The lowest BCUT2D eigenvalue weighted by atomic mass is 9.83. The monoisotopic (exact) mass is 385 g/mol. The number of benzene rings is 1. The summed E-state index contributed by atoms with van der Waals surface area (Å²) in [7, 11) is 0. The third-order valence-corrected chi connectivity index (χ3v) is 4.37. The van der Waals surface area contributed by atoms with Crippen LogP contribution in [0.5, 0.6) is 11.5 Å². The summed E-state index contributed by atoms with van der Waals surface area (Å²) in [6.45, 7) is 5.32. The number of rotatable bonds is 2. The molecule has 2 heterocycles. The van der Waals surface area contributed by atoms with E-state index in [1.807, 2.05) is 0 Å². The number of ether oxygens (including phenoxy) is 3. The van der Waals surface area contributed by atoms with Gasteiger partial charge in [0, 0.05) is 12.5 Å². The summed E-state index contributed by atoms with van der Waals surface area (Å²) >= 11 is 0. The Labute approximate surface area is 154 Å². The molecule has 1 aromatic carbocycles. The first-order chi connectivity index (χ1) is 12.5. The Morgan fingerprint density at radius 1 is 1.26 bits per heavy atom. The van der Waals surface area contributed by atoms with Gasteiger partial charge in [-0.05, 0) is 51.3 Å². The van der Waals surface area contributed by atoms with Crippen LogP contribution >= 0.6 is 0 Å². The zero-order valence-corrected chi connectivity index (χ0v) is 15.2. The predicted molar refractivity (Wildman–Crippen MR) is 89.0 cm³/mol. The van der Waals surface area contributed by atoms with Gasteiger partial charge in [-0.3, -0.25) is 4.90 Å². The summed E-state index contributed by atoms with van der Waals surface area (Å²) in [4.78, 5) is 25.6. The number of halogens is 2. The lowest BCUT2D eigenvalue weighted by molar-refractivity contribution is -0.286. The molecule has 1 saturated heterocycles. The van der Waals surface area contributed by atoms with Crippen molar-refractivity contribution in [2.75, 3.05) is 6.54 Å². The predicted octanol–water partition coefficient (Wildman–Crippen LogP) is 3.58. The molecule has 3 rings (SSSR count). The second kappa shape index (κ2) is 6.54.